The van der Waals surface area contributed by atoms with Crippen molar-refractivity contribution in [2.75, 3.05) is 30.0 Å². The first kappa shape index (κ1) is 22.7. The number of aromatic nitrogens is 2. The number of carbonyl (C=O) groups is 2. The molecule has 0 radical (unpaired) electrons. The second kappa shape index (κ2) is 10.4. The van der Waals surface area contributed by atoms with Gasteiger partial charge in [0.05, 0.1) is 12.3 Å². The van der Waals surface area contributed by atoms with E-state index in [0.717, 1.165) is 11.3 Å². The fourth-order valence-electron chi connectivity index (χ4n) is 2.59. The van der Waals surface area contributed by atoms with Gasteiger partial charge in [-0.2, -0.15) is 0 Å². The van der Waals surface area contributed by atoms with E-state index in [4.69, 9.17) is 0 Å². The van der Waals surface area contributed by atoms with E-state index in [9.17, 15) is 14.0 Å². The molecule has 0 aliphatic carbocycles. The molecule has 31 heavy (non-hydrogen) atoms. The molecule has 2 amide bonds. The standard InChI is InChI=1S/C21H22FN5O2S2/c1-13-5-4-6-17(14(13)2)24-20-25-26-21(31-20)30-12-19(29)27(3)11-18(28)23-16-9-7-15(22)8-10-16/h4-10H,11-12H2,1-3H3,(H,23,28)(H,24,25). The molecule has 2 aromatic carbocycles. The summed E-state index contributed by atoms with van der Waals surface area (Å²) in [5, 5.41) is 14.8. The number of benzene rings is 2. The molecule has 0 fully saturated rings. The SMILES string of the molecule is Cc1cccc(Nc2nnc(SCC(=O)N(C)CC(=O)Nc3ccc(F)cc3)s2)c1C. The summed E-state index contributed by atoms with van der Waals surface area (Å²) < 4.78 is 13.6. The summed E-state index contributed by atoms with van der Waals surface area (Å²) in [6, 6.07) is 11.4. The van der Waals surface area contributed by atoms with E-state index in [1.54, 1.807) is 7.05 Å². The molecule has 0 unspecified atom stereocenters. The van der Waals surface area contributed by atoms with Crippen molar-refractivity contribution in [1.82, 2.24) is 15.1 Å². The molecule has 1 heterocycles. The first-order chi connectivity index (χ1) is 14.8. The summed E-state index contributed by atoms with van der Waals surface area (Å²) in [6.45, 7) is 3.98. The van der Waals surface area contributed by atoms with E-state index in [1.807, 2.05) is 32.0 Å². The van der Waals surface area contributed by atoms with Gasteiger partial charge in [-0.3, -0.25) is 9.59 Å². The van der Waals surface area contributed by atoms with Crippen LogP contribution >= 0.6 is 23.1 Å². The van der Waals surface area contributed by atoms with Crippen LogP contribution < -0.4 is 10.6 Å². The van der Waals surface area contributed by atoms with Gasteiger partial charge in [-0.25, -0.2) is 4.39 Å². The molecule has 162 valence electrons. The Hall–Kier alpha value is -2.98. The number of thioether (sulfide) groups is 1. The number of nitrogens with one attached hydrogen (secondary N) is 2. The van der Waals surface area contributed by atoms with Gasteiger partial charge in [0.25, 0.3) is 0 Å². The summed E-state index contributed by atoms with van der Waals surface area (Å²) in [5.41, 5.74) is 3.76. The Kier molecular flexibility index (Phi) is 7.59. The number of amides is 2. The summed E-state index contributed by atoms with van der Waals surface area (Å²) in [4.78, 5) is 25.8. The zero-order chi connectivity index (χ0) is 22.4. The van der Waals surface area contributed by atoms with Gasteiger partial charge in [0, 0.05) is 18.4 Å². The lowest BCUT2D eigenvalue weighted by molar-refractivity contribution is -0.131. The van der Waals surface area contributed by atoms with E-state index < -0.39 is 0 Å². The number of anilines is 3. The predicted octanol–water partition coefficient (Wildman–Crippen LogP) is 4.23. The van der Waals surface area contributed by atoms with Gasteiger partial charge >= 0.3 is 0 Å². The zero-order valence-corrected chi connectivity index (χ0v) is 18.9. The summed E-state index contributed by atoms with van der Waals surface area (Å²) in [7, 11) is 1.56. The lowest BCUT2D eigenvalue weighted by Crippen LogP contribution is -2.35. The Morgan fingerprint density at radius 1 is 1.13 bits per heavy atom. The molecule has 1 aromatic heterocycles. The molecule has 0 aliphatic rings. The molecule has 2 N–H and O–H groups in total. The van der Waals surface area contributed by atoms with Gasteiger partial charge in [0.2, 0.25) is 16.9 Å². The molecule has 0 atom stereocenters. The highest BCUT2D eigenvalue weighted by Crippen LogP contribution is 2.29. The number of rotatable bonds is 8. The Balaban J connectivity index is 1.47. The maximum atomic E-state index is 12.9. The van der Waals surface area contributed by atoms with Crippen LogP contribution in [0.3, 0.4) is 0 Å². The van der Waals surface area contributed by atoms with E-state index >= 15 is 0 Å². The molecule has 10 heteroatoms. The molecule has 3 aromatic rings. The molecule has 0 saturated heterocycles. The number of hydrogen-bond acceptors (Lipinski definition) is 7. The Morgan fingerprint density at radius 3 is 2.61 bits per heavy atom. The van der Waals surface area contributed by atoms with Gasteiger partial charge < -0.3 is 15.5 Å². The van der Waals surface area contributed by atoms with Crippen LogP contribution in [0, 0.1) is 19.7 Å². The Morgan fingerprint density at radius 2 is 1.87 bits per heavy atom. The van der Waals surface area contributed by atoms with Crippen LogP contribution in [0.15, 0.2) is 46.8 Å². The van der Waals surface area contributed by atoms with Crippen LogP contribution in [0.1, 0.15) is 11.1 Å². The summed E-state index contributed by atoms with van der Waals surface area (Å²) >= 11 is 2.63. The minimum atomic E-state index is -0.383. The average Bonchev–Trinajstić information content (AvgIpc) is 3.18. The third-order valence-electron chi connectivity index (χ3n) is 4.51. The molecule has 0 saturated carbocycles. The smallest absolute Gasteiger partial charge is 0.243 e. The first-order valence-electron chi connectivity index (χ1n) is 9.41. The summed E-state index contributed by atoms with van der Waals surface area (Å²) in [6.07, 6.45) is 0. The van der Waals surface area contributed by atoms with Crippen molar-refractivity contribution in [2.24, 2.45) is 0 Å². The Bertz CT molecular complexity index is 1070. The highest BCUT2D eigenvalue weighted by Gasteiger charge is 2.15. The van der Waals surface area contributed by atoms with Gasteiger partial charge in [-0.15, -0.1) is 10.2 Å². The highest BCUT2D eigenvalue weighted by molar-refractivity contribution is 8.01. The van der Waals surface area contributed by atoms with Gasteiger partial charge in [-0.1, -0.05) is 35.2 Å². The van der Waals surface area contributed by atoms with Crippen molar-refractivity contribution >= 4 is 51.4 Å². The number of hydrogen-bond donors (Lipinski definition) is 2. The molecule has 0 bridgehead atoms. The van der Waals surface area contributed by atoms with Crippen LogP contribution in [-0.4, -0.2) is 46.3 Å². The van der Waals surface area contributed by atoms with E-state index in [2.05, 4.69) is 20.8 Å². The first-order valence-corrected chi connectivity index (χ1v) is 11.2. The maximum absolute atomic E-state index is 12.9. The molecule has 0 aliphatic heterocycles. The number of halogens is 1. The van der Waals surface area contributed by atoms with E-state index in [0.29, 0.717) is 15.2 Å². The number of aryl methyl sites for hydroxylation is 1. The number of carbonyl (C=O) groups excluding carboxylic acids is 2. The van der Waals surface area contributed by atoms with E-state index in [-0.39, 0.29) is 29.9 Å². The monoisotopic (exact) mass is 459 g/mol. The third-order valence-corrected chi connectivity index (χ3v) is 6.46. The third kappa shape index (κ3) is 6.50. The van der Waals surface area contributed by atoms with Gasteiger partial charge in [0.1, 0.15) is 5.82 Å². The lowest BCUT2D eigenvalue weighted by Gasteiger charge is -2.16. The van der Waals surface area contributed by atoms with Gasteiger partial charge in [0.15, 0.2) is 4.34 Å². The normalized spacial score (nSPS) is 10.6. The fourth-order valence-corrected chi connectivity index (χ4v) is 4.30. The van der Waals surface area contributed by atoms with Gasteiger partial charge in [-0.05, 0) is 55.3 Å². The van der Waals surface area contributed by atoms with Crippen molar-refractivity contribution in [2.45, 2.75) is 18.2 Å². The molecule has 7 nitrogen and oxygen atoms in total. The van der Waals surface area contributed by atoms with Crippen molar-refractivity contribution in [3.05, 3.63) is 59.4 Å². The quantitative estimate of drug-likeness (QED) is 0.491. The largest absolute Gasteiger partial charge is 0.336 e. The Labute approximate surface area is 188 Å². The second-order valence-electron chi connectivity index (χ2n) is 6.84. The minimum absolute atomic E-state index is 0.105. The molecule has 3 rings (SSSR count). The maximum Gasteiger partial charge on any atom is 0.243 e. The van der Waals surface area contributed by atoms with Crippen LogP contribution in [0.4, 0.5) is 20.9 Å². The molecular weight excluding hydrogens is 437 g/mol. The zero-order valence-electron chi connectivity index (χ0n) is 17.3. The molecule has 0 spiro atoms. The lowest BCUT2D eigenvalue weighted by atomic mass is 10.1. The highest BCUT2D eigenvalue weighted by atomic mass is 32.2. The minimum Gasteiger partial charge on any atom is -0.336 e. The van der Waals surface area contributed by atoms with Crippen LogP contribution in [-0.2, 0) is 9.59 Å². The topological polar surface area (TPSA) is 87.2 Å². The predicted molar refractivity (Wildman–Crippen MR) is 122 cm³/mol. The fraction of sp³-hybridized carbons (Fsp3) is 0.238. The molecular formula is C21H22FN5O2S2. The number of likely N-dealkylation sites (N-methyl/N-ethyl adjacent to an activating group) is 1. The van der Waals surface area contributed by atoms with Crippen LogP contribution in [0.5, 0.6) is 0 Å². The number of nitrogens with zero attached hydrogens (tertiary/aromatic N) is 3. The van der Waals surface area contributed by atoms with Crippen LogP contribution in [0.2, 0.25) is 0 Å². The second-order valence-corrected chi connectivity index (χ2v) is 9.04. The van der Waals surface area contributed by atoms with E-state index in [1.165, 1.54) is 57.8 Å². The van der Waals surface area contributed by atoms with Crippen LogP contribution in [0.25, 0.3) is 0 Å². The average molecular weight is 460 g/mol. The van der Waals surface area contributed by atoms with Crippen molar-refractivity contribution in [1.29, 1.82) is 0 Å². The van der Waals surface area contributed by atoms with Crippen molar-refractivity contribution in [3.8, 4) is 0 Å². The van der Waals surface area contributed by atoms with Crippen molar-refractivity contribution in [3.63, 3.8) is 0 Å². The van der Waals surface area contributed by atoms with Crippen molar-refractivity contribution < 1.29 is 14.0 Å². The summed E-state index contributed by atoms with van der Waals surface area (Å²) in [5.74, 6) is -0.813.